The summed E-state index contributed by atoms with van der Waals surface area (Å²) >= 11 is 0. The van der Waals surface area contributed by atoms with Crippen molar-refractivity contribution in [3.8, 4) is 5.75 Å². The Bertz CT molecular complexity index is 1230. The molecule has 0 aliphatic carbocycles. The zero-order valence-electron chi connectivity index (χ0n) is 19.7. The monoisotopic (exact) mass is 525 g/mol. The third kappa shape index (κ3) is 5.31. The number of methoxy groups -OCH3 is 1. The number of carbonyl (C=O) groups is 1. The summed E-state index contributed by atoms with van der Waals surface area (Å²) in [6, 6.07) is 8.30. The van der Waals surface area contributed by atoms with Gasteiger partial charge < -0.3 is 23.8 Å². The molecule has 0 saturated carbocycles. The fraction of sp³-hybridized carbons (Fsp3) is 0.500. The molecule has 6 atom stereocenters. The smallest absolute Gasteiger partial charge is 0.459 e. The molecule has 1 spiro atoms. The number of nitrogens with zero attached hydrogens (tertiary/aromatic N) is 1. The number of benzene rings is 1. The van der Waals surface area contributed by atoms with Crippen LogP contribution in [0.15, 0.2) is 52.2 Å². The van der Waals surface area contributed by atoms with Crippen LogP contribution in [0.1, 0.15) is 26.0 Å². The van der Waals surface area contributed by atoms with E-state index in [0.717, 1.165) is 10.6 Å². The highest BCUT2D eigenvalue weighted by atomic mass is 31.2. The first-order valence-corrected chi connectivity index (χ1v) is 12.9. The second-order valence-corrected chi connectivity index (χ2v) is 10.2. The van der Waals surface area contributed by atoms with E-state index in [-0.39, 0.29) is 5.75 Å². The molecule has 0 amide bonds. The van der Waals surface area contributed by atoms with Gasteiger partial charge in [0.05, 0.1) is 13.7 Å². The van der Waals surface area contributed by atoms with Gasteiger partial charge in [-0.15, -0.1) is 0 Å². The van der Waals surface area contributed by atoms with E-state index in [0.29, 0.717) is 19.4 Å². The molecule has 13 nitrogen and oxygen atoms in total. The van der Waals surface area contributed by atoms with Crippen LogP contribution in [-0.4, -0.2) is 64.8 Å². The lowest BCUT2D eigenvalue weighted by molar-refractivity contribution is -0.142. The van der Waals surface area contributed by atoms with Crippen molar-refractivity contribution in [1.82, 2.24) is 14.6 Å². The van der Waals surface area contributed by atoms with Crippen LogP contribution >= 0.6 is 7.75 Å². The first-order valence-electron chi connectivity index (χ1n) is 11.3. The molecule has 2 fully saturated rings. The van der Waals surface area contributed by atoms with Gasteiger partial charge >= 0.3 is 19.4 Å². The summed E-state index contributed by atoms with van der Waals surface area (Å²) in [5, 5.41) is 13.7. The van der Waals surface area contributed by atoms with E-state index in [1.54, 1.807) is 30.3 Å². The molecule has 1 aromatic carbocycles. The van der Waals surface area contributed by atoms with E-state index in [1.165, 1.54) is 20.2 Å². The highest BCUT2D eigenvalue weighted by Gasteiger charge is 2.60. The van der Waals surface area contributed by atoms with Gasteiger partial charge in [0.25, 0.3) is 5.56 Å². The maximum atomic E-state index is 13.6. The topological polar surface area (TPSA) is 167 Å². The first-order chi connectivity index (χ1) is 17.2. The maximum absolute atomic E-state index is 13.6. The number of para-hydroxylation sites is 1. The summed E-state index contributed by atoms with van der Waals surface area (Å²) in [5.74, 6) is -0.477. The van der Waals surface area contributed by atoms with Crippen molar-refractivity contribution in [1.29, 1.82) is 0 Å². The Hall–Kier alpha value is -2.80. The number of H-pyrrole nitrogens is 1. The third-order valence-electron chi connectivity index (χ3n) is 6.05. The average molecular weight is 525 g/mol. The lowest BCUT2D eigenvalue weighted by Crippen LogP contribution is -2.48. The predicted molar refractivity (Wildman–Crippen MR) is 124 cm³/mol. The molecule has 1 aromatic heterocycles. The summed E-state index contributed by atoms with van der Waals surface area (Å²) in [6.45, 7) is 1.32. The molecular weight excluding hydrogens is 497 g/mol. The van der Waals surface area contributed by atoms with Gasteiger partial charge in [0.2, 0.25) is 0 Å². The number of ether oxygens (including phenoxy) is 3. The van der Waals surface area contributed by atoms with Gasteiger partial charge in [-0.25, -0.2) is 9.36 Å². The van der Waals surface area contributed by atoms with Gasteiger partial charge in [-0.2, -0.15) is 5.09 Å². The van der Waals surface area contributed by atoms with Gasteiger partial charge in [0.1, 0.15) is 29.6 Å². The fourth-order valence-electron chi connectivity index (χ4n) is 4.32. The van der Waals surface area contributed by atoms with E-state index in [2.05, 4.69) is 14.8 Å². The number of aromatic nitrogens is 2. The summed E-state index contributed by atoms with van der Waals surface area (Å²) < 4.78 is 42.5. The van der Waals surface area contributed by atoms with Crippen LogP contribution in [0.25, 0.3) is 0 Å². The van der Waals surface area contributed by atoms with Gasteiger partial charge in [-0.1, -0.05) is 18.2 Å². The quantitative estimate of drug-likeness (QED) is 0.311. The summed E-state index contributed by atoms with van der Waals surface area (Å²) in [4.78, 5) is 38.1. The van der Waals surface area contributed by atoms with Gasteiger partial charge in [0, 0.05) is 18.9 Å². The minimum atomic E-state index is -4.19. The van der Waals surface area contributed by atoms with Crippen molar-refractivity contribution in [2.45, 2.75) is 49.8 Å². The van der Waals surface area contributed by atoms with Crippen LogP contribution in [0.3, 0.4) is 0 Å². The minimum Gasteiger partial charge on any atom is -0.468 e. The number of aromatic amines is 1. The molecule has 3 heterocycles. The number of aliphatic hydroxyl groups excluding tert-OH is 1. The van der Waals surface area contributed by atoms with Crippen LogP contribution in [0, 0.1) is 0 Å². The average Bonchev–Trinajstić information content (AvgIpc) is 3.44. The van der Waals surface area contributed by atoms with E-state index < -0.39 is 61.7 Å². The van der Waals surface area contributed by atoms with Crippen LogP contribution < -0.4 is 20.9 Å². The van der Waals surface area contributed by atoms with Crippen molar-refractivity contribution in [3.63, 3.8) is 0 Å². The standard InChI is InChI=1S/C22H28N3O10P/c1-14(19(28)31-2)24-36(30,35-15-7-4-3-5-8-15)33-13-16-18(27)22(10-6-12-32-22)20(34-16)25-11-9-17(26)23-21(25)29/h3-5,7-9,11,14,16,18,20,27H,6,10,12-13H2,1-2H3,(H,24,30)(H,23,26,29)/t14-,16?,18+,20?,22-,36?/m0/s1. The third-order valence-corrected chi connectivity index (χ3v) is 7.69. The number of esters is 1. The van der Waals surface area contributed by atoms with Crippen LogP contribution in [0.2, 0.25) is 0 Å². The molecule has 2 aromatic rings. The highest BCUT2D eigenvalue weighted by Crippen LogP contribution is 2.49. The van der Waals surface area contributed by atoms with Gasteiger partial charge in [0.15, 0.2) is 6.23 Å². The number of carbonyl (C=O) groups excluding carboxylic acids is 1. The van der Waals surface area contributed by atoms with Crippen molar-refractivity contribution in [2.75, 3.05) is 20.3 Å². The van der Waals surface area contributed by atoms with Crippen LogP contribution in [0.4, 0.5) is 0 Å². The van der Waals surface area contributed by atoms with Crippen molar-refractivity contribution >= 4 is 13.7 Å². The minimum absolute atomic E-state index is 0.214. The molecule has 3 N–H and O–H groups in total. The molecule has 36 heavy (non-hydrogen) atoms. The second-order valence-electron chi connectivity index (χ2n) is 8.47. The summed E-state index contributed by atoms with van der Waals surface area (Å²) in [6.07, 6.45) is -1.20. The number of rotatable bonds is 9. The zero-order valence-corrected chi connectivity index (χ0v) is 20.6. The lowest BCUT2D eigenvalue weighted by atomic mass is 9.91. The van der Waals surface area contributed by atoms with Crippen molar-refractivity contribution in [3.05, 3.63) is 63.4 Å². The molecule has 0 radical (unpaired) electrons. The van der Waals surface area contributed by atoms with Crippen LogP contribution in [-0.2, 0) is 28.1 Å². The molecule has 196 valence electrons. The Labute approximate surface area is 205 Å². The second kappa shape index (κ2) is 10.7. The molecule has 2 saturated heterocycles. The first kappa shape index (κ1) is 26.3. The van der Waals surface area contributed by atoms with Gasteiger partial charge in [-0.05, 0) is 31.9 Å². The lowest BCUT2D eigenvalue weighted by Gasteiger charge is -2.32. The molecule has 2 aliphatic heterocycles. The van der Waals surface area contributed by atoms with Crippen molar-refractivity contribution < 1.29 is 37.7 Å². The maximum Gasteiger partial charge on any atom is 0.459 e. The van der Waals surface area contributed by atoms with Gasteiger partial charge in [-0.3, -0.25) is 23.7 Å². The molecular formula is C22H28N3O10P. The molecule has 14 heteroatoms. The van der Waals surface area contributed by atoms with Crippen LogP contribution in [0.5, 0.6) is 5.75 Å². The Morgan fingerprint density at radius 1 is 1.33 bits per heavy atom. The number of nitrogens with one attached hydrogen (secondary N) is 2. The summed E-state index contributed by atoms with van der Waals surface area (Å²) in [7, 11) is -3.01. The molecule has 3 unspecified atom stereocenters. The van der Waals surface area contributed by atoms with Crippen molar-refractivity contribution in [2.24, 2.45) is 0 Å². The molecule has 0 bridgehead atoms. The largest absolute Gasteiger partial charge is 0.468 e. The Morgan fingerprint density at radius 2 is 2.08 bits per heavy atom. The molecule has 4 rings (SSSR count). The Morgan fingerprint density at radius 3 is 2.72 bits per heavy atom. The van der Waals surface area contributed by atoms with E-state index in [9.17, 15) is 24.1 Å². The molecule has 2 aliphatic rings. The number of hydrogen-bond acceptors (Lipinski definition) is 10. The highest BCUT2D eigenvalue weighted by molar-refractivity contribution is 7.52. The number of aliphatic hydroxyl groups is 1. The SMILES string of the molecule is COC(=O)[C@H](C)NP(=O)(OCC1OC(n2ccc(=O)[nH]c2=O)[C@]2(CCCO2)[C@@H]1O)Oc1ccccc1. The Kier molecular flexibility index (Phi) is 7.79. The van der Waals surface area contributed by atoms with E-state index in [4.69, 9.17) is 18.5 Å². The van der Waals surface area contributed by atoms with E-state index in [1.807, 2.05) is 0 Å². The van der Waals surface area contributed by atoms with E-state index >= 15 is 0 Å². The fourth-order valence-corrected chi connectivity index (χ4v) is 5.82. The normalized spacial score (nSPS) is 28.0. The zero-order chi connectivity index (χ0) is 25.9. The Balaban J connectivity index is 1.57. The summed E-state index contributed by atoms with van der Waals surface area (Å²) in [5.41, 5.74) is -2.60. The predicted octanol–water partition coefficient (Wildman–Crippen LogP) is 0.699. The number of hydrogen-bond donors (Lipinski definition) is 3.